The monoisotopic (exact) mass is 401 g/mol. The molecule has 0 atom stereocenters. The molecule has 8 heteroatoms. The van der Waals surface area contributed by atoms with Crippen molar-refractivity contribution in [2.45, 2.75) is 20.8 Å². The molecule has 0 saturated heterocycles. The van der Waals surface area contributed by atoms with Gasteiger partial charge in [-0.2, -0.15) is 4.98 Å². The van der Waals surface area contributed by atoms with Gasteiger partial charge < -0.3 is 10.1 Å². The summed E-state index contributed by atoms with van der Waals surface area (Å²) in [5.74, 6) is 0.289. The predicted octanol–water partition coefficient (Wildman–Crippen LogP) is 5.39. The quantitative estimate of drug-likeness (QED) is 0.353. The first kappa shape index (κ1) is 19.3. The first-order valence-electron chi connectivity index (χ1n) is 9.30. The number of rotatable bonds is 5. The summed E-state index contributed by atoms with van der Waals surface area (Å²) in [7, 11) is 0. The molecule has 1 N–H and O–H groups in total. The zero-order valence-electron chi connectivity index (χ0n) is 16.7. The molecule has 150 valence electrons. The van der Waals surface area contributed by atoms with Crippen LogP contribution in [0.4, 0.5) is 17.2 Å². The van der Waals surface area contributed by atoms with E-state index in [4.69, 9.17) is 4.74 Å². The number of benzene rings is 2. The van der Waals surface area contributed by atoms with Crippen LogP contribution in [-0.2, 0) is 0 Å². The highest BCUT2D eigenvalue weighted by Gasteiger charge is 2.26. The van der Waals surface area contributed by atoms with Gasteiger partial charge in [-0.05, 0) is 50.1 Å². The van der Waals surface area contributed by atoms with E-state index in [1.165, 1.54) is 6.33 Å². The van der Waals surface area contributed by atoms with Gasteiger partial charge in [0.2, 0.25) is 5.82 Å². The topological polar surface area (TPSA) is 103 Å². The van der Waals surface area contributed by atoms with E-state index in [2.05, 4.69) is 20.3 Å². The molecule has 0 saturated carbocycles. The van der Waals surface area contributed by atoms with Crippen molar-refractivity contribution in [1.82, 2.24) is 15.0 Å². The first-order chi connectivity index (χ1) is 14.4. The molecule has 2 heterocycles. The summed E-state index contributed by atoms with van der Waals surface area (Å²) in [5.41, 5.74) is 3.76. The van der Waals surface area contributed by atoms with Gasteiger partial charge in [-0.15, -0.1) is 0 Å². The van der Waals surface area contributed by atoms with Crippen molar-refractivity contribution in [3.8, 4) is 11.6 Å². The molecule has 0 unspecified atom stereocenters. The second-order valence-electron chi connectivity index (χ2n) is 6.96. The second kappa shape index (κ2) is 7.75. The van der Waals surface area contributed by atoms with Gasteiger partial charge in [0.05, 0.1) is 4.92 Å². The maximum atomic E-state index is 11.9. The van der Waals surface area contributed by atoms with Gasteiger partial charge in [0.1, 0.15) is 11.8 Å². The van der Waals surface area contributed by atoms with E-state index in [1.807, 2.05) is 57.2 Å². The third-order valence-electron chi connectivity index (χ3n) is 4.65. The minimum atomic E-state index is -0.549. The van der Waals surface area contributed by atoms with Crippen molar-refractivity contribution in [2.24, 2.45) is 0 Å². The number of nitrogens with one attached hydrogen (secondary N) is 1. The van der Waals surface area contributed by atoms with Crippen molar-refractivity contribution in [3.63, 3.8) is 0 Å². The molecule has 0 amide bonds. The highest BCUT2D eigenvalue weighted by Crippen LogP contribution is 2.37. The first-order valence-corrected chi connectivity index (χ1v) is 9.30. The SMILES string of the molecule is Cc1ccc(C)c(Nc2ncnc(Oc3cccc4ccc(C)nc34)c2[N+](=O)[O-])c1. The number of pyridine rings is 1. The Hall–Kier alpha value is -4.07. The Balaban J connectivity index is 1.78. The van der Waals surface area contributed by atoms with Crippen LogP contribution in [0.25, 0.3) is 10.9 Å². The third kappa shape index (κ3) is 3.75. The van der Waals surface area contributed by atoms with Crippen LogP contribution in [0.1, 0.15) is 16.8 Å². The molecule has 0 radical (unpaired) electrons. The van der Waals surface area contributed by atoms with E-state index >= 15 is 0 Å². The number of fused-ring (bicyclic) bond motifs is 1. The van der Waals surface area contributed by atoms with Crippen LogP contribution in [0.3, 0.4) is 0 Å². The molecule has 4 rings (SSSR count). The number of anilines is 2. The number of hydrogen-bond donors (Lipinski definition) is 1. The average Bonchev–Trinajstić information content (AvgIpc) is 2.71. The maximum absolute atomic E-state index is 11.9. The molecule has 0 aliphatic carbocycles. The fourth-order valence-electron chi connectivity index (χ4n) is 3.10. The zero-order chi connectivity index (χ0) is 21.3. The molecule has 2 aromatic heterocycles. The summed E-state index contributed by atoms with van der Waals surface area (Å²) in [4.78, 5) is 23.9. The van der Waals surface area contributed by atoms with E-state index in [1.54, 1.807) is 12.1 Å². The molecule has 0 bridgehead atoms. The van der Waals surface area contributed by atoms with Crippen molar-refractivity contribution in [1.29, 1.82) is 0 Å². The van der Waals surface area contributed by atoms with Gasteiger partial charge in [-0.3, -0.25) is 10.1 Å². The summed E-state index contributed by atoms with van der Waals surface area (Å²) in [6, 6.07) is 15.0. The molecular formula is C22H19N5O3. The van der Waals surface area contributed by atoms with Crippen LogP contribution < -0.4 is 10.1 Å². The number of ether oxygens (including phenoxy) is 1. The van der Waals surface area contributed by atoms with Crippen molar-refractivity contribution in [3.05, 3.63) is 81.8 Å². The van der Waals surface area contributed by atoms with Gasteiger partial charge in [-0.1, -0.05) is 30.3 Å². The Morgan fingerprint density at radius 1 is 1.03 bits per heavy atom. The molecule has 0 aliphatic heterocycles. The third-order valence-corrected chi connectivity index (χ3v) is 4.65. The molecule has 8 nitrogen and oxygen atoms in total. The molecule has 0 fully saturated rings. The normalized spacial score (nSPS) is 10.8. The maximum Gasteiger partial charge on any atom is 0.373 e. The van der Waals surface area contributed by atoms with Gasteiger partial charge in [0.25, 0.3) is 0 Å². The van der Waals surface area contributed by atoms with Crippen LogP contribution in [0.5, 0.6) is 11.6 Å². The fraction of sp³-hybridized carbons (Fsp3) is 0.136. The average molecular weight is 401 g/mol. The standard InChI is InChI=1S/C22H19N5O3/c1-13-7-8-14(2)17(11-13)26-21-20(27(28)29)22(24-12-23-21)30-18-6-4-5-16-10-9-15(3)25-19(16)18/h4-12H,1-3H3,(H,23,24,26). The summed E-state index contributed by atoms with van der Waals surface area (Å²) in [5, 5.41) is 15.8. The lowest BCUT2D eigenvalue weighted by atomic mass is 10.1. The summed E-state index contributed by atoms with van der Waals surface area (Å²) in [6.45, 7) is 5.73. The minimum absolute atomic E-state index is 0.0584. The van der Waals surface area contributed by atoms with Crippen LogP contribution in [0, 0.1) is 30.9 Å². The predicted molar refractivity (Wildman–Crippen MR) is 114 cm³/mol. The minimum Gasteiger partial charge on any atom is -0.431 e. The molecular weight excluding hydrogens is 382 g/mol. The van der Waals surface area contributed by atoms with E-state index < -0.39 is 4.92 Å². The number of aromatic nitrogens is 3. The Kier molecular flexibility index (Phi) is 4.97. The van der Waals surface area contributed by atoms with E-state index in [0.717, 1.165) is 27.9 Å². The van der Waals surface area contributed by atoms with Crippen LogP contribution in [0.2, 0.25) is 0 Å². The van der Waals surface area contributed by atoms with Crippen molar-refractivity contribution in [2.75, 3.05) is 5.32 Å². The van der Waals surface area contributed by atoms with E-state index in [0.29, 0.717) is 11.3 Å². The lowest BCUT2D eigenvalue weighted by Gasteiger charge is -2.12. The number of nitro groups is 1. The Morgan fingerprint density at radius 3 is 2.67 bits per heavy atom. The smallest absolute Gasteiger partial charge is 0.373 e. The van der Waals surface area contributed by atoms with Crippen LogP contribution in [0.15, 0.2) is 54.9 Å². The van der Waals surface area contributed by atoms with Gasteiger partial charge in [0.15, 0.2) is 5.75 Å². The lowest BCUT2D eigenvalue weighted by molar-refractivity contribution is -0.385. The highest BCUT2D eigenvalue weighted by atomic mass is 16.6. The molecule has 0 aliphatic rings. The number of para-hydroxylation sites is 1. The zero-order valence-corrected chi connectivity index (χ0v) is 16.7. The van der Waals surface area contributed by atoms with Crippen molar-refractivity contribution < 1.29 is 9.66 Å². The van der Waals surface area contributed by atoms with Gasteiger partial charge >= 0.3 is 11.6 Å². The van der Waals surface area contributed by atoms with Gasteiger partial charge in [0, 0.05) is 16.8 Å². The molecule has 0 spiro atoms. The molecule has 2 aromatic carbocycles. The Labute approximate surface area is 172 Å². The highest BCUT2D eigenvalue weighted by molar-refractivity contribution is 5.85. The lowest BCUT2D eigenvalue weighted by Crippen LogP contribution is -2.04. The fourth-order valence-corrected chi connectivity index (χ4v) is 3.10. The second-order valence-corrected chi connectivity index (χ2v) is 6.96. The number of hydrogen-bond acceptors (Lipinski definition) is 7. The largest absolute Gasteiger partial charge is 0.431 e. The van der Waals surface area contributed by atoms with Gasteiger partial charge in [-0.25, -0.2) is 9.97 Å². The van der Waals surface area contributed by atoms with E-state index in [9.17, 15) is 10.1 Å². The Morgan fingerprint density at radius 2 is 1.87 bits per heavy atom. The Bertz CT molecular complexity index is 1270. The number of nitrogens with zero attached hydrogens (tertiary/aromatic N) is 4. The summed E-state index contributed by atoms with van der Waals surface area (Å²) in [6.07, 6.45) is 1.24. The summed E-state index contributed by atoms with van der Waals surface area (Å²) < 4.78 is 5.88. The molecule has 30 heavy (non-hydrogen) atoms. The van der Waals surface area contributed by atoms with E-state index in [-0.39, 0.29) is 17.4 Å². The summed E-state index contributed by atoms with van der Waals surface area (Å²) >= 11 is 0. The molecule has 4 aromatic rings. The van der Waals surface area contributed by atoms with Crippen LogP contribution in [-0.4, -0.2) is 19.9 Å². The number of aryl methyl sites for hydroxylation is 3. The van der Waals surface area contributed by atoms with Crippen LogP contribution >= 0.6 is 0 Å². The van der Waals surface area contributed by atoms with Crippen molar-refractivity contribution >= 4 is 28.1 Å².